The number of rotatable bonds is 9. The van der Waals surface area contributed by atoms with Gasteiger partial charge in [0.1, 0.15) is 36.3 Å². The minimum absolute atomic E-state index is 0.0587. The maximum atomic E-state index is 15.4. The van der Waals surface area contributed by atoms with Gasteiger partial charge in [-0.25, -0.2) is 4.39 Å². The minimum atomic E-state index is -1.03. The van der Waals surface area contributed by atoms with Crippen LogP contribution in [0.1, 0.15) is 74.0 Å². The molecule has 0 saturated carbocycles. The van der Waals surface area contributed by atoms with E-state index >= 15 is 4.39 Å². The molecule has 3 aliphatic rings. The van der Waals surface area contributed by atoms with Crippen LogP contribution in [0.4, 0.5) is 15.8 Å². The first kappa shape index (κ1) is 43.5. The summed E-state index contributed by atoms with van der Waals surface area (Å²) in [7, 11) is 1.57. The second-order valence-corrected chi connectivity index (χ2v) is 16.9. The van der Waals surface area contributed by atoms with Gasteiger partial charge in [0.15, 0.2) is 11.5 Å². The van der Waals surface area contributed by atoms with E-state index < -0.39 is 23.7 Å². The number of carbonyl (C=O) groups excluding carboxylic acids is 2. The number of phenols is 2. The van der Waals surface area contributed by atoms with E-state index in [9.17, 15) is 19.8 Å². The van der Waals surface area contributed by atoms with Gasteiger partial charge in [0, 0.05) is 34.5 Å². The van der Waals surface area contributed by atoms with E-state index in [4.69, 9.17) is 14.2 Å². The fourth-order valence-corrected chi connectivity index (χ4v) is 9.86. The van der Waals surface area contributed by atoms with Crippen LogP contribution in [0.5, 0.6) is 28.7 Å². The molecule has 0 fully saturated rings. The highest BCUT2D eigenvalue weighted by molar-refractivity contribution is 6.09. The van der Waals surface area contributed by atoms with E-state index in [2.05, 4.69) is 24.3 Å². The Balaban J connectivity index is 0.000000159. The Bertz CT molecular complexity index is 3050. The summed E-state index contributed by atoms with van der Waals surface area (Å²) >= 11 is 0. The van der Waals surface area contributed by atoms with Crippen molar-refractivity contribution in [2.24, 2.45) is 0 Å². The van der Waals surface area contributed by atoms with Crippen molar-refractivity contribution < 1.29 is 38.4 Å². The van der Waals surface area contributed by atoms with Gasteiger partial charge in [-0.3, -0.25) is 19.4 Å². The average Bonchev–Trinajstić information content (AvgIpc) is 3.83. The number of aryl methyl sites for hydroxylation is 1. The number of benzene rings is 8. The predicted molar refractivity (Wildman–Crippen MR) is 259 cm³/mol. The van der Waals surface area contributed by atoms with E-state index in [1.54, 1.807) is 36.3 Å². The third kappa shape index (κ3) is 7.83. The first-order valence-corrected chi connectivity index (χ1v) is 22.5. The zero-order valence-electron chi connectivity index (χ0n) is 37.3. The number of para-hydroxylation sites is 1. The first-order chi connectivity index (χ1) is 33.2. The van der Waals surface area contributed by atoms with Crippen LogP contribution in [-0.4, -0.2) is 42.4 Å². The smallest absolute Gasteiger partial charge is 0.240 e. The lowest BCUT2D eigenvalue weighted by Crippen LogP contribution is -2.34. The Morgan fingerprint density at radius 1 is 0.529 bits per heavy atom. The number of ether oxygens (including phenoxy) is 3. The third-order valence-corrected chi connectivity index (χ3v) is 12.9. The molecule has 0 aliphatic carbocycles. The van der Waals surface area contributed by atoms with Crippen molar-refractivity contribution in [3.8, 4) is 28.7 Å². The highest BCUT2D eigenvalue weighted by atomic mass is 19.1. The Labute approximate surface area is 393 Å². The van der Waals surface area contributed by atoms with Crippen molar-refractivity contribution in [1.29, 1.82) is 0 Å². The van der Waals surface area contributed by atoms with Crippen LogP contribution in [0, 0.1) is 12.7 Å². The molecule has 0 radical (unpaired) electrons. The summed E-state index contributed by atoms with van der Waals surface area (Å²) in [6, 6.07) is 57.8. The van der Waals surface area contributed by atoms with Crippen molar-refractivity contribution >= 4 is 23.2 Å². The van der Waals surface area contributed by atoms with Gasteiger partial charge in [-0.15, -0.1) is 0 Å². The average molecular weight is 903 g/mol. The zero-order chi connectivity index (χ0) is 46.9. The number of amides is 2. The molecule has 0 saturated heterocycles. The molecule has 8 aromatic carbocycles. The maximum absolute atomic E-state index is 15.4. The molecule has 2 amide bonds. The molecular weight excluding hydrogens is 856 g/mol. The van der Waals surface area contributed by atoms with E-state index in [0.29, 0.717) is 41.7 Å². The van der Waals surface area contributed by atoms with Crippen molar-refractivity contribution in [1.82, 2.24) is 0 Å². The lowest BCUT2D eigenvalue weighted by atomic mass is 9.90. The van der Waals surface area contributed by atoms with Gasteiger partial charge in [0.25, 0.3) is 0 Å². The number of nitrogens with zero attached hydrogens (tertiary/aromatic N) is 2. The van der Waals surface area contributed by atoms with Gasteiger partial charge in [0.05, 0.1) is 36.7 Å². The number of halogens is 1. The molecule has 3 aliphatic heterocycles. The SMILES string of the molecule is COc1cc(O)c(C2C(=O)N(C(c3ccccc3)c3ccccc3)c3ccccc32)cc1C.O=C1C(c2cc3c(cc2O)OCCO3)c2c(F)cccc2N1C(c1ccccc1)c1ccccc1. The second-order valence-electron chi connectivity index (χ2n) is 16.9. The third-order valence-electron chi connectivity index (χ3n) is 12.9. The van der Waals surface area contributed by atoms with Gasteiger partial charge < -0.3 is 24.4 Å². The molecule has 2 unspecified atom stereocenters. The topological polar surface area (TPSA) is 109 Å². The predicted octanol–water partition coefficient (Wildman–Crippen LogP) is 11.5. The van der Waals surface area contributed by atoms with Crippen molar-refractivity contribution in [2.75, 3.05) is 30.1 Å². The van der Waals surface area contributed by atoms with Gasteiger partial charge in [-0.2, -0.15) is 0 Å². The molecule has 0 spiro atoms. The monoisotopic (exact) mass is 902 g/mol. The van der Waals surface area contributed by atoms with Crippen LogP contribution in [0.15, 0.2) is 188 Å². The first-order valence-electron chi connectivity index (χ1n) is 22.5. The number of fused-ring (bicyclic) bond motifs is 3. The van der Waals surface area contributed by atoms with Crippen LogP contribution in [-0.2, 0) is 9.59 Å². The quantitative estimate of drug-likeness (QED) is 0.148. The molecule has 8 aromatic rings. The standard InChI is InChI=1S/C29H22FNO4.C29H25NO3/c30-21-12-7-13-22-27(21)26(20-16-24-25(17-23(20)32)35-15-14-34-24)29(33)31(22)28(18-8-3-1-4-9-18)19-10-5-2-6-11-19;1-19-17-23(25(31)18-26(19)33-2)27-22-15-9-10-16-24(22)30(29(27)32)28(20-11-5-3-6-12-20)21-13-7-4-8-14-21/h1-13,16-17,26,28,32H,14-15H2;3-18,27-28,31H,1-2H3. The normalized spacial score (nSPS) is 15.8. The molecule has 11 rings (SSSR count). The van der Waals surface area contributed by atoms with Gasteiger partial charge >= 0.3 is 0 Å². The lowest BCUT2D eigenvalue weighted by molar-refractivity contribution is -0.119. The molecule has 0 aromatic heterocycles. The minimum Gasteiger partial charge on any atom is -0.507 e. The summed E-state index contributed by atoms with van der Waals surface area (Å²) in [5, 5.41) is 21.8. The van der Waals surface area contributed by atoms with Gasteiger partial charge in [-0.05, 0) is 70.6 Å². The highest BCUT2D eigenvalue weighted by Gasteiger charge is 2.46. The van der Waals surface area contributed by atoms with Crippen LogP contribution >= 0.6 is 0 Å². The summed E-state index contributed by atoms with van der Waals surface area (Å²) in [5.74, 6) is -1.17. The molecule has 3 heterocycles. The maximum Gasteiger partial charge on any atom is 0.240 e. The van der Waals surface area contributed by atoms with Crippen molar-refractivity contribution in [2.45, 2.75) is 30.8 Å². The van der Waals surface area contributed by atoms with Crippen LogP contribution in [0.2, 0.25) is 0 Å². The number of phenolic OH excluding ortho intramolecular Hbond substituents is 2. The van der Waals surface area contributed by atoms with Crippen molar-refractivity contribution in [3.63, 3.8) is 0 Å². The Hall–Kier alpha value is -8.37. The fourth-order valence-electron chi connectivity index (χ4n) is 9.86. The van der Waals surface area contributed by atoms with Crippen LogP contribution < -0.4 is 24.0 Å². The number of carbonyl (C=O) groups is 2. The molecular formula is C58H47FN2O7. The summed E-state index contributed by atoms with van der Waals surface area (Å²) < 4.78 is 32.0. The van der Waals surface area contributed by atoms with Crippen LogP contribution in [0.3, 0.4) is 0 Å². The number of hydrogen-bond acceptors (Lipinski definition) is 7. The Morgan fingerprint density at radius 3 is 1.51 bits per heavy atom. The van der Waals surface area contributed by atoms with E-state index in [1.165, 1.54) is 12.1 Å². The summed E-state index contributed by atoms with van der Waals surface area (Å²) in [5.41, 5.74) is 8.07. The second kappa shape index (κ2) is 18.5. The van der Waals surface area contributed by atoms with Gasteiger partial charge in [-0.1, -0.05) is 146 Å². The number of aromatic hydroxyl groups is 2. The molecule has 9 nitrogen and oxygen atoms in total. The number of hydrogen-bond donors (Lipinski definition) is 2. The van der Waals surface area contributed by atoms with E-state index in [0.717, 1.165) is 39.1 Å². The van der Waals surface area contributed by atoms with Gasteiger partial charge in [0.2, 0.25) is 11.8 Å². The molecule has 0 bridgehead atoms. The summed E-state index contributed by atoms with van der Waals surface area (Å²) in [6.07, 6.45) is 0. The van der Waals surface area contributed by atoms with E-state index in [1.807, 2.05) is 139 Å². The molecule has 2 N–H and O–H groups in total. The number of anilines is 2. The summed E-state index contributed by atoms with van der Waals surface area (Å²) in [4.78, 5) is 31.9. The Kier molecular flexibility index (Phi) is 11.8. The molecule has 10 heteroatoms. The summed E-state index contributed by atoms with van der Waals surface area (Å²) in [6.45, 7) is 2.65. The zero-order valence-corrected chi connectivity index (χ0v) is 37.3. The fraction of sp³-hybridized carbons (Fsp3) is 0.138. The Morgan fingerprint density at radius 2 is 0.971 bits per heavy atom. The van der Waals surface area contributed by atoms with Crippen molar-refractivity contribution in [3.05, 3.63) is 244 Å². The molecule has 68 heavy (non-hydrogen) atoms. The van der Waals surface area contributed by atoms with Crippen LogP contribution in [0.25, 0.3) is 0 Å². The highest BCUT2D eigenvalue weighted by Crippen LogP contribution is 2.52. The molecule has 338 valence electrons. The number of methoxy groups -OCH3 is 1. The van der Waals surface area contributed by atoms with E-state index in [-0.39, 0.29) is 40.5 Å². The largest absolute Gasteiger partial charge is 0.507 e. The molecule has 2 atom stereocenters. The lowest BCUT2D eigenvalue weighted by Gasteiger charge is -2.30.